The summed E-state index contributed by atoms with van der Waals surface area (Å²) in [6.07, 6.45) is 6.92. The van der Waals surface area contributed by atoms with Crippen molar-refractivity contribution in [1.29, 1.82) is 0 Å². The molecule has 106 valence electrons. The van der Waals surface area contributed by atoms with E-state index in [1.807, 2.05) is 19.1 Å². The van der Waals surface area contributed by atoms with Crippen LogP contribution < -0.4 is 10.6 Å². The monoisotopic (exact) mass is 264 g/mol. The van der Waals surface area contributed by atoms with E-state index in [9.17, 15) is 4.39 Å². The maximum Gasteiger partial charge on any atom is 0.128 e. The normalized spacial score (nSPS) is 18.8. The fraction of sp³-hybridized carbons (Fsp3) is 0.625. The van der Waals surface area contributed by atoms with Crippen LogP contribution in [-0.4, -0.2) is 19.1 Å². The third-order valence-corrected chi connectivity index (χ3v) is 3.82. The van der Waals surface area contributed by atoms with E-state index in [1.165, 1.54) is 32.1 Å². The quantitative estimate of drug-likeness (QED) is 0.905. The Morgan fingerprint density at radius 2 is 1.79 bits per heavy atom. The largest absolute Gasteiger partial charge is 0.371 e. The maximum atomic E-state index is 14.1. The minimum Gasteiger partial charge on any atom is -0.371 e. The molecule has 0 amide bonds. The number of hydrogen-bond acceptors (Lipinski definition) is 2. The number of benzene rings is 1. The van der Waals surface area contributed by atoms with Crippen LogP contribution in [0.15, 0.2) is 18.2 Å². The van der Waals surface area contributed by atoms with Gasteiger partial charge in [0, 0.05) is 30.4 Å². The molecule has 0 aromatic heterocycles. The van der Waals surface area contributed by atoms with Gasteiger partial charge in [0.25, 0.3) is 0 Å². The fourth-order valence-electron chi connectivity index (χ4n) is 2.86. The van der Waals surface area contributed by atoms with E-state index in [2.05, 4.69) is 4.90 Å². The second-order valence-corrected chi connectivity index (χ2v) is 5.67. The lowest BCUT2D eigenvalue weighted by atomic mass is 10.0. The van der Waals surface area contributed by atoms with Crippen molar-refractivity contribution in [3.05, 3.63) is 29.6 Å². The zero-order chi connectivity index (χ0) is 13.7. The molecule has 0 radical (unpaired) electrons. The van der Waals surface area contributed by atoms with Crippen molar-refractivity contribution < 1.29 is 4.39 Å². The molecule has 1 unspecified atom stereocenters. The SMILES string of the molecule is CC(N)Cc1c(F)cccc1N1CCCCCCC1. The van der Waals surface area contributed by atoms with Gasteiger partial charge in [0.15, 0.2) is 0 Å². The van der Waals surface area contributed by atoms with Gasteiger partial charge in [-0.05, 0) is 38.3 Å². The number of halogens is 1. The fourth-order valence-corrected chi connectivity index (χ4v) is 2.86. The van der Waals surface area contributed by atoms with Crippen molar-refractivity contribution in [2.45, 2.75) is 51.5 Å². The molecule has 3 heteroatoms. The van der Waals surface area contributed by atoms with Gasteiger partial charge in [0.1, 0.15) is 5.82 Å². The molecule has 1 heterocycles. The van der Waals surface area contributed by atoms with Gasteiger partial charge in [0.2, 0.25) is 0 Å². The second-order valence-electron chi connectivity index (χ2n) is 5.67. The van der Waals surface area contributed by atoms with E-state index in [1.54, 1.807) is 6.07 Å². The van der Waals surface area contributed by atoms with Crippen molar-refractivity contribution in [3.63, 3.8) is 0 Å². The van der Waals surface area contributed by atoms with Gasteiger partial charge in [0.05, 0.1) is 0 Å². The Kier molecular flexibility index (Phi) is 5.20. The Bertz CT molecular complexity index is 396. The van der Waals surface area contributed by atoms with Gasteiger partial charge in [-0.15, -0.1) is 0 Å². The van der Waals surface area contributed by atoms with Crippen molar-refractivity contribution in [2.24, 2.45) is 5.73 Å². The van der Waals surface area contributed by atoms with Crippen LogP contribution in [0.5, 0.6) is 0 Å². The summed E-state index contributed by atoms with van der Waals surface area (Å²) in [6, 6.07) is 5.40. The second kappa shape index (κ2) is 6.90. The summed E-state index contributed by atoms with van der Waals surface area (Å²) >= 11 is 0. The van der Waals surface area contributed by atoms with E-state index < -0.39 is 0 Å². The Morgan fingerprint density at radius 1 is 1.16 bits per heavy atom. The van der Waals surface area contributed by atoms with Gasteiger partial charge < -0.3 is 10.6 Å². The molecular formula is C16H25FN2. The highest BCUT2D eigenvalue weighted by Gasteiger charge is 2.16. The standard InChI is InChI=1S/C16H25FN2/c1-13(18)12-14-15(17)8-7-9-16(14)19-10-5-3-2-4-6-11-19/h7-9,13H,2-6,10-12,18H2,1H3. The van der Waals surface area contributed by atoms with Crippen LogP contribution >= 0.6 is 0 Å². The van der Waals surface area contributed by atoms with Gasteiger partial charge >= 0.3 is 0 Å². The molecule has 1 atom stereocenters. The number of hydrogen-bond donors (Lipinski definition) is 1. The lowest BCUT2D eigenvalue weighted by Gasteiger charge is -2.29. The van der Waals surface area contributed by atoms with E-state index in [0.29, 0.717) is 6.42 Å². The zero-order valence-electron chi connectivity index (χ0n) is 11.9. The molecule has 0 spiro atoms. The first-order valence-corrected chi connectivity index (χ1v) is 7.46. The highest BCUT2D eigenvalue weighted by molar-refractivity contribution is 5.54. The Balaban J connectivity index is 2.23. The third-order valence-electron chi connectivity index (χ3n) is 3.82. The van der Waals surface area contributed by atoms with E-state index >= 15 is 0 Å². The first-order chi connectivity index (χ1) is 9.18. The molecule has 2 N–H and O–H groups in total. The van der Waals surface area contributed by atoms with Crippen molar-refractivity contribution in [3.8, 4) is 0 Å². The van der Waals surface area contributed by atoms with Crippen LogP contribution in [0.4, 0.5) is 10.1 Å². The average Bonchev–Trinajstić information content (AvgIpc) is 2.31. The van der Waals surface area contributed by atoms with Crippen molar-refractivity contribution in [1.82, 2.24) is 0 Å². The summed E-state index contributed by atoms with van der Waals surface area (Å²) in [5.74, 6) is -0.114. The molecular weight excluding hydrogens is 239 g/mol. The summed E-state index contributed by atoms with van der Waals surface area (Å²) in [5, 5.41) is 0. The molecule has 0 bridgehead atoms. The molecule has 0 saturated carbocycles. The van der Waals surface area contributed by atoms with Gasteiger partial charge in [-0.25, -0.2) is 4.39 Å². The number of nitrogens with two attached hydrogens (primary N) is 1. The highest BCUT2D eigenvalue weighted by Crippen LogP contribution is 2.26. The Morgan fingerprint density at radius 3 is 2.42 bits per heavy atom. The molecule has 1 aromatic rings. The van der Waals surface area contributed by atoms with Gasteiger partial charge in [-0.2, -0.15) is 0 Å². The smallest absolute Gasteiger partial charge is 0.128 e. The summed E-state index contributed by atoms with van der Waals surface area (Å²) < 4.78 is 14.1. The van der Waals surface area contributed by atoms with Crippen LogP contribution in [0.2, 0.25) is 0 Å². The summed E-state index contributed by atoms with van der Waals surface area (Å²) in [5.41, 5.74) is 7.71. The summed E-state index contributed by atoms with van der Waals surface area (Å²) in [4.78, 5) is 2.35. The van der Waals surface area contributed by atoms with Crippen LogP contribution in [0.3, 0.4) is 0 Å². The van der Waals surface area contributed by atoms with Crippen LogP contribution in [0.25, 0.3) is 0 Å². The van der Waals surface area contributed by atoms with E-state index in [0.717, 1.165) is 24.3 Å². The third kappa shape index (κ3) is 3.93. The number of rotatable bonds is 3. The lowest BCUT2D eigenvalue weighted by Crippen LogP contribution is -2.29. The molecule has 1 aromatic carbocycles. The minimum absolute atomic E-state index is 0.00888. The van der Waals surface area contributed by atoms with Gasteiger partial charge in [-0.3, -0.25) is 0 Å². The topological polar surface area (TPSA) is 29.3 Å². The Labute approximate surface area is 115 Å². The molecule has 1 aliphatic rings. The van der Waals surface area contributed by atoms with Crippen molar-refractivity contribution >= 4 is 5.69 Å². The van der Waals surface area contributed by atoms with Crippen LogP contribution in [0, 0.1) is 5.82 Å². The van der Waals surface area contributed by atoms with Gasteiger partial charge in [-0.1, -0.05) is 25.3 Å². The maximum absolute atomic E-state index is 14.1. The summed E-state index contributed by atoms with van der Waals surface area (Å²) in [7, 11) is 0. The average molecular weight is 264 g/mol. The van der Waals surface area contributed by atoms with Crippen molar-refractivity contribution in [2.75, 3.05) is 18.0 Å². The predicted molar refractivity (Wildman–Crippen MR) is 79.1 cm³/mol. The summed E-state index contributed by atoms with van der Waals surface area (Å²) in [6.45, 7) is 4.01. The number of nitrogens with zero attached hydrogens (tertiary/aromatic N) is 1. The molecule has 2 rings (SSSR count). The highest BCUT2D eigenvalue weighted by atomic mass is 19.1. The molecule has 19 heavy (non-hydrogen) atoms. The predicted octanol–water partition coefficient (Wildman–Crippen LogP) is 3.49. The molecule has 1 aliphatic heterocycles. The number of anilines is 1. The Hall–Kier alpha value is -1.09. The minimum atomic E-state index is -0.114. The lowest BCUT2D eigenvalue weighted by molar-refractivity contribution is 0.550. The van der Waals surface area contributed by atoms with Crippen LogP contribution in [0.1, 0.15) is 44.6 Å². The van der Waals surface area contributed by atoms with Crippen LogP contribution in [-0.2, 0) is 6.42 Å². The first kappa shape index (κ1) is 14.3. The molecule has 1 saturated heterocycles. The first-order valence-electron chi connectivity index (χ1n) is 7.46. The molecule has 1 fully saturated rings. The van der Waals surface area contributed by atoms with E-state index in [-0.39, 0.29) is 11.9 Å². The van der Waals surface area contributed by atoms with E-state index in [4.69, 9.17) is 5.73 Å². The molecule has 0 aliphatic carbocycles. The zero-order valence-corrected chi connectivity index (χ0v) is 11.9. The molecule has 2 nitrogen and oxygen atoms in total.